The Hall–Kier alpha value is -2.96. The van der Waals surface area contributed by atoms with Crippen molar-refractivity contribution in [2.75, 3.05) is 0 Å². The number of H-pyrrole nitrogens is 1. The molecule has 1 fully saturated rings. The van der Waals surface area contributed by atoms with Gasteiger partial charge in [-0.1, -0.05) is 30.3 Å². The Labute approximate surface area is 131 Å². The average molecular weight is 309 g/mol. The molecule has 0 atom stereocenters. The Bertz CT molecular complexity index is 954. The number of hydrogen-bond donors (Lipinski definition) is 2. The maximum absolute atomic E-state index is 12.5. The van der Waals surface area contributed by atoms with Crippen molar-refractivity contribution in [3.05, 3.63) is 63.8 Å². The molecule has 1 aromatic carbocycles. The highest BCUT2D eigenvalue weighted by Crippen LogP contribution is 2.45. The van der Waals surface area contributed by atoms with Crippen LogP contribution in [0.2, 0.25) is 0 Å². The second kappa shape index (κ2) is 4.77. The fourth-order valence-corrected chi connectivity index (χ4v) is 2.77. The van der Waals surface area contributed by atoms with Crippen LogP contribution in [-0.4, -0.2) is 25.5 Å². The maximum atomic E-state index is 12.5. The van der Waals surface area contributed by atoms with E-state index in [1.807, 2.05) is 30.3 Å². The minimum atomic E-state index is -0.447. The van der Waals surface area contributed by atoms with Gasteiger partial charge in [-0.15, -0.1) is 0 Å². The van der Waals surface area contributed by atoms with E-state index in [2.05, 4.69) is 20.4 Å². The van der Waals surface area contributed by atoms with Crippen molar-refractivity contribution < 1.29 is 4.79 Å². The second-order valence-electron chi connectivity index (χ2n) is 5.82. The SMILES string of the molecule is Cc1nc2ncc(C(=O)NC3(c4ccccc4)CC3)c(=O)n2[nH]1. The van der Waals surface area contributed by atoms with Gasteiger partial charge in [0.25, 0.3) is 17.2 Å². The monoisotopic (exact) mass is 309 g/mol. The van der Waals surface area contributed by atoms with Crippen LogP contribution in [0.4, 0.5) is 0 Å². The van der Waals surface area contributed by atoms with E-state index >= 15 is 0 Å². The number of amides is 1. The van der Waals surface area contributed by atoms with Crippen molar-refractivity contribution >= 4 is 11.7 Å². The number of carbonyl (C=O) groups excluding carboxylic acids is 1. The van der Waals surface area contributed by atoms with Crippen LogP contribution in [0.25, 0.3) is 5.78 Å². The number of aryl methyl sites for hydroxylation is 1. The van der Waals surface area contributed by atoms with Crippen molar-refractivity contribution in [1.29, 1.82) is 0 Å². The molecule has 23 heavy (non-hydrogen) atoms. The number of benzene rings is 1. The van der Waals surface area contributed by atoms with Crippen molar-refractivity contribution in [3.63, 3.8) is 0 Å². The number of rotatable bonds is 3. The molecule has 2 N–H and O–H groups in total. The zero-order valence-electron chi connectivity index (χ0n) is 12.5. The number of hydrogen-bond acceptors (Lipinski definition) is 4. The Morgan fingerprint density at radius 3 is 2.74 bits per heavy atom. The fraction of sp³-hybridized carbons (Fsp3) is 0.250. The summed E-state index contributed by atoms with van der Waals surface area (Å²) in [4.78, 5) is 33.1. The Balaban J connectivity index is 1.68. The molecule has 1 aliphatic carbocycles. The van der Waals surface area contributed by atoms with Crippen molar-refractivity contribution in [2.45, 2.75) is 25.3 Å². The quantitative estimate of drug-likeness (QED) is 0.759. The number of fused-ring (bicyclic) bond motifs is 1. The van der Waals surface area contributed by atoms with Crippen molar-refractivity contribution in [2.24, 2.45) is 0 Å². The minimum absolute atomic E-state index is 0.00774. The first-order valence-electron chi connectivity index (χ1n) is 7.41. The summed E-state index contributed by atoms with van der Waals surface area (Å²) in [5.74, 6) is 0.411. The van der Waals surface area contributed by atoms with E-state index in [0.717, 1.165) is 18.4 Å². The molecule has 7 heteroatoms. The second-order valence-corrected chi connectivity index (χ2v) is 5.82. The molecule has 7 nitrogen and oxygen atoms in total. The van der Waals surface area contributed by atoms with Gasteiger partial charge >= 0.3 is 0 Å². The molecule has 1 amide bonds. The molecule has 3 aromatic rings. The lowest BCUT2D eigenvalue weighted by Gasteiger charge is -2.17. The summed E-state index contributed by atoms with van der Waals surface area (Å²) in [7, 11) is 0. The Morgan fingerprint density at radius 1 is 1.30 bits per heavy atom. The van der Waals surface area contributed by atoms with Crippen LogP contribution in [0.5, 0.6) is 0 Å². The normalized spacial score (nSPS) is 15.5. The zero-order valence-corrected chi connectivity index (χ0v) is 12.5. The summed E-state index contributed by atoms with van der Waals surface area (Å²) < 4.78 is 1.19. The summed E-state index contributed by atoms with van der Waals surface area (Å²) in [6, 6.07) is 9.79. The molecule has 4 rings (SSSR count). The van der Waals surface area contributed by atoms with Crippen LogP contribution >= 0.6 is 0 Å². The number of nitrogens with zero attached hydrogens (tertiary/aromatic N) is 3. The standard InChI is InChI=1S/C16H15N5O2/c1-10-18-15-17-9-12(14(23)21(15)20-10)13(22)19-16(7-8-16)11-5-3-2-4-6-11/h2-6,9H,7-8H2,1H3,(H,19,22)(H,17,18,20). The lowest BCUT2D eigenvalue weighted by molar-refractivity contribution is 0.0928. The molecule has 1 aliphatic rings. The summed E-state index contributed by atoms with van der Waals surface area (Å²) in [5.41, 5.74) is 0.249. The molecule has 0 aliphatic heterocycles. The number of carbonyl (C=O) groups is 1. The van der Waals surface area contributed by atoms with Gasteiger partial charge in [-0.3, -0.25) is 14.7 Å². The summed E-state index contributed by atoms with van der Waals surface area (Å²) >= 11 is 0. The number of aromatic nitrogens is 4. The molecular weight excluding hydrogens is 294 g/mol. The number of nitrogens with one attached hydrogen (secondary N) is 2. The lowest BCUT2D eigenvalue weighted by Crippen LogP contribution is -2.38. The van der Waals surface area contributed by atoms with Crippen LogP contribution in [0.15, 0.2) is 41.3 Å². The predicted molar refractivity (Wildman–Crippen MR) is 83.2 cm³/mol. The molecule has 0 bridgehead atoms. The third-order valence-electron chi connectivity index (χ3n) is 4.16. The summed E-state index contributed by atoms with van der Waals surface area (Å²) in [5, 5.41) is 5.77. The van der Waals surface area contributed by atoms with Crippen LogP contribution < -0.4 is 10.9 Å². The molecule has 0 radical (unpaired) electrons. The zero-order chi connectivity index (χ0) is 16.0. The molecule has 1 saturated carbocycles. The van der Waals surface area contributed by atoms with Gasteiger partial charge in [0.2, 0.25) is 0 Å². The average Bonchev–Trinajstić information content (AvgIpc) is 3.22. The maximum Gasteiger partial charge on any atom is 0.286 e. The Morgan fingerprint density at radius 2 is 2.04 bits per heavy atom. The van der Waals surface area contributed by atoms with Gasteiger partial charge in [-0.2, -0.15) is 9.50 Å². The fourth-order valence-electron chi connectivity index (χ4n) is 2.77. The van der Waals surface area contributed by atoms with Crippen molar-refractivity contribution in [1.82, 2.24) is 24.9 Å². The largest absolute Gasteiger partial charge is 0.342 e. The van der Waals surface area contributed by atoms with Crippen molar-refractivity contribution in [3.8, 4) is 0 Å². The highest BCUT2D eigenvalue weighted by atomic mass is 16.2. The van der Waals surface area contributed by atoms with Gasteiger partial charge in [-0.25, -0.2) is 4.98 Å². The molecule has 2 heterocycles. The van der Waals surface area contributed by atoms with Gasteiger partial charge in [0.1, 0.15) is 11.4 Å². The van der Waals surface area contributed by atoms with Crippen LogP contribution in [0.3, 0.4) is 0 Å². The lowest BCUT2D eigenvalue weighted by atomic mass is 10.0. The topological polar surface area (TPSA) is 92.2 Å². The molecule has 2 aromatic heterocycles. The highest BCUT2D eigenvalue weighted by Gasteiger charge is 2.45. The Kier molecular flexibility index (Phi) is 2.84. The van der Waals surface area contributed by atoms with E-state index in [9.17, 15) is 9.59 Å². The van der Waals surface area contributed by atoms with E-state index in [-0.39, 0.29) is 16.9 Å². The molecule has 0 saturated heterocycles. The number of aromatic amines is 1. The smallest absolute Gasteiger partial charge is 0.286 e. The molecule has 0 unspecified atom stereocenters. The minimum Gasteiger partial charge on any atom is -0.342 e. The van der Waals surface area contributed by atoms with E-state index in [0.29, 0.717) is 5.82 Å². The first-order chi connectivity index (χ1) is 11.1. The predicted octanol–water partition coefficient (Wildman–Crippen LogP) is 1.15. The van der Waals surface area contributed by atoms with E-state index < -0.39 is 11.5 Å². The third kappa shape index (κ3) is 2.21. The first-order valence-corrected chi connectivity index (χ1v) is 7.41. The van der Waals surface area contributed by atoms with E-state index in [4.69, 9.17) is 0 Å². The van der Waals surface area contributed by atoms with Gasteiger partial charge in [0, 0.05) is 6.20 Å². The highest BCUT2D eigenvalue weighted by molar-refractivity contribution is 5.94. The van der Waals surface area contributed by atoms with Crippen LogP contribution in [0.1, 0.15) is 34.6 Å². The molecule has 116 valence electrons. The third-order valence-corrected chi connectivity index (χ3v) is 4.16. The van der Waals surface area contributed by atoms with Gasteiger partial charge in [-0.05, 0) is 25.3 Å². The van der Waals surface area contributed by atoms with Crippen LogP contribution in [-0.2, 0) is 5.54 Å². The summed E-state index contributed by atoms with van der Waals surface area (Å²) in [6.07, 6.45) is 3.01. The van der Waals surface area contributed by atoms with Crippen LogP contribution in [0, 0.1) is 6.92 Å². The molecular formula is C16H15N5O2. The van der Waals surface area contributed by atoms with Gasteiger partial charge in [0.15, 0.2) is 0 Å². The summed E-state index contributed by atoms with van der Waals surface area (Å²) in [6.45, 7) is 1.72. The molecule has 0 spiro atoms. The van der Waals surface area contributed by atoms with E-state index in [1.54, 1.807) is 6.92 Å². The first kappa shape index (κ1) is 13.7. The van der Waals surface area contributed by atoms with Gasteiger partial charge < -0.3 is 5.32 Å². The van der Waals surface area contributed by atoms with Gasteiger partial charge in [0.05, 0.1) is 5.54 Å². The van der Waals surface area contributed by atoms with E-state index in [1.165, 1.54) is 10.7 Å².